The minimum atomic E-state index is 0.730. The lowest BCUT2D eigenvalue weighted by Crippen LogP contribution is -1.80. The fraction of sp³-hybridized carbons (Fsp3) is 0.154. The van der Waals surface area contributed by atoms with Crippen LogP contribution in [0.3, 0.4) is 0 Å². The molecule has 0 bridgehead atoms. The molecule has 0 saturated heterocycles. The summed E-state index contributed by atoms with van der Waals surface area (Å²) in [5, 5.41) is 2.33. The molecule has 0 spiro atoms. The molecule has 74 valence electrons. The first-order chi connectivity index (χ1) is 7.40. The average Bonchev–Trinajstić information content (AvgIpc) is 2.67. The van der Waals surface area contributed by atoms with E-state index in [1.165, 1.54) is 10.9 Å². The van der Waals surface area contributed by atoms with Gasteiger partial charge in [0.05, 0.1) is 0 Å². The molecule has 2 heterocycles. The average molecular weight is 197 g/mol. The second-order valence-electron chi connectivity index (χ2n) is 3.60. The first-order valence-corrected chi connectivity index (χ1v) is 5.15. The van der Waals surface area contributed by atoms with E-state index in [0.717, 1.165) is 23.1 Å². The lowest BCUT2D eigenvalue weighted by molar-refractivity contribution is 0.654. The summed E-state index contributed by atoms with van der Waals surface area (Å²) >= 11 is 0. The van der Waals surface area contributed by atoms with Gasteiger partial charge in [-0.05, 0) is 30.2 Å². The smallest absolute Gasteiger partial charge is 0.227 e. The summed E-state index contributed by atoms with van der Waals surface area (Å²) in [6.45, 7) is 2.16. The Morgan fingerprint density at radius 1 is 1.20 bits per heavy atom. The fourth-order valence-electron chi connectivity index (χ4n) is 2.03. The second-order valence-corrected chi connectivity index (χ2v) is 3.60. The van der Waals surface area contributed by atoms with Crippen molar-refractivity contribution >= 4 is 22.1 Å². The van der Waals surface area contributed by atoms with Crippen molar-refractivity contribution in [3.05, 3.63) is 42.1 Å². The van der Waals surface area contributed by atoms with Gasteiger partial charge in [-0.1, -0.05) is 19.1 Å². The molecule has 0 N–H and O–H groups in total. The normalized spacial score (nSPS) is 11.3. The molecule has 0 unspecified atom stereocenters. The van der Waals surface area contributed by atoms with Gasteiger partial charge in [0.25, 0.3) is 0 Å². The zero-order valence-electron chi connectivity index (χ0n) is 8.53. The van der Waals surface area contributed by atoms with E-state index in [0.29, 0.717) is 0 Å². The summed E-state index contributed by atoms with van der Waals surface area (Å²) in [7, 11) is 0. The van der Waals surface area contributed by atoms with Crippen molar-refractivity contribution < 1.29 is 4.42 Å². The lowest BCUT2D eigenvalue weighted by atomic mass is 10.1. The van der Waals surface area contributed by atoms with Crippen LogP contribution in [0.1, 0.15) is 12.5 Å². The third kappa shape index (κ3) is 1.14. The van der Waals surface area contributed by atoms with Gasteiger partial charge in [0.15, 0.2) is 0 Å². The van der Waals surface area contributed by atoms with Crippen LogP contribution in [0.25, 0.3) is 22.1 Å². The molecule has 1 aromatic carbocycles. The van der Waals surface area contributed by atoms with Gasteiger partial charge < -0.3 is 4.42 Å². The Labute approximate surface area is 87.5 Å². The van der Waals surface area contributed by atoms with Gasteiger partial charge in [0, 0.05) is 17.0 Å². The number of rotatable bonds is 1. The Balaban J connectivity index is 2.56. The number of nitrogens with zero attached hydrogens (tertiary/aromatic N) is 1. The number of benzene rings is 1. The van der Waals surface area contributed by atoms with Crippen molar-refractivity contribution in [1.29, 1.82) is 0 Å². The zero-order chi connectivity index (χ0) is 10.3. The van der Waals surface area contributed by atoms with Gasteiger partial charge in [0.2, 0.25) is 5.71 Å². The maximum absolute atomic E-state index is 5.68. The first-order valence-electron chi connectivity index (χ1n) is 5.15. The van der Waals surface area contributed by atoms with Crippen LogP contribution < -0.4 is 0 Å². The molecule has 0 amide bonds. The number of hydrogen-bond donors (Lipinski definition) is 0. The number of aryl methyl sites for hydroxylation is 1. The third-order valence-electron chi connectivity index (χ3n) is 2.74. The van der Waals surface area contributed by atoms with Crippen molar-refractivity contribution in [3.8, 4) is 0 Å². The molecule has 2 aromatic heterocycles. The van der Waals surface area contributed by atoms with Gasteiger partial charge in [-0.2, -0.15) is 0 Å². The topological polar surface area (TPSA) is 26.0 Å². The van der Waals surface area contributed by atoms with Crippen LogP contribution in [-0.4, -0.2) is 4.98 Å². The number of hydrogen-bond acceptors (Lipinski definition) is 2. The number of pyridine rings is 1. The van der Waals surface area contributed by atoms with Crippen LogP contribution in [-0.2, 0) is 6.42 Å². The van der Waals surface area contributed by atoms with Crippen LogP contribution in [0.4, 0.5) is 0 Å². The van der Waals surface area contributed by atoms with E-state index in [-0.39, 0.29) is 0 Å². The molecule has 0 aliphatic carbocycles. The minimum Gasteiger partial charge on any atom is -0.438 e. The highest BCUT2D eigenvalue weighted by atomic mass is 16.3. The van der Waals surface area contributed by atoms with Crippen molar-refractivity contribution in [3.63, 3.8) is 0 Å². The summed E-state index contributed by atoms with van der Waals surface area (Å²) in [5.74, 6) is 0. The maximum Gasteiger partial charge on any atom is 0.227 e. The molecular weight excluding hydrogens is 186 g/mol. The Bertz CT molecular complexity index is 625. The molecule has 2 heteroatoms. The fourth-order valence-corrected chi connectivity index (χ4v) is 2.03. The molecule has 0 aliphatic rings. The third-order valence-corrected chi connectivity index (χ3v) is 2.74. The van der Waals surface area contributed by atoms with E-state index >= 15 is 0 Å². The molecule has 0 atom stereocenters. The van der Waals surface area contributed by atoms with Crippen molar-refractivity contribution in [2.45, 2.75) is 13.3 Å². The molecule has 0 saturated carbocycles. The van der Waals surface area contributed by atoms with Gasteiger partial charge in [0.1, 0.15) is 5.58 Å². The van der Waals surface area contributed by atoms with Crippen molar-refractivity contribution in [1.82, 2.24) is 4.98 Å². The van der Waals surface area contributed by atoms with E-state index in [1.54, 1.807) is 6.20 Å². The molecule has 3 aromatic rings. The monoisotopic (exact) mass is 197 g/mol. The summed E-state index contributed by atoms with van der Waals surface area (Å²) < 4.78 is 5.68. The minimum absolute atomic E-state index is 0.730. The van der Waals surface area contributed by atoms with E-state index in [1.807, 2.05) is 18.2 Å². The molecule has 15 heavy (non-hydrogen) atoms. The lowest BCUT2D eigenvalue weighted by Gasteiger charge is -1.97. The molecule has 3 rings (SSSR count). The Hall–Kier alpha value is -1.83. The summed E-state index contributed by atoms with van der Waals surface area (Å²) in [6, 6.07) is 10.2. The quantitative estimate of drug-likeness (QED) is 0.596. The van der Waals surface area contributed by atoms with Crippen LogP contribution in [0.15, 0.2) is 40.9 Å². The summed E-state index contributed by atoms with van der Waals surface area (Å²) in [4.78, 5) is 4.23. The summed E-state index contributed by atoms with van der Waals surface area (Å²) in [6.07, 6.45) is 2.78. The Morgan fingerprint density at radius 2 is 2.13 bits per heavy atom. The number of aromatic nitrogens is 1. The predicted octanol–water partition coefficient (Wildman–Crippen LogP) is 3.54. The van der Waals surface area contributed by atoms with Gasteiger partial charge >= 0.3 is 0 Å². The van der Waals surface area contributed by atoms with Gasteiger partial charge in [-0.25, -0.2) is 4.98 Å². The van der Waals surface area contributed by atoms with E-state index in [2.05, 4.69) is 24.0 Å². The van der Waals surface area contributed by atoms with Crippen molar-refractivity contribution in [2.75, 3.05) is 0 Å². The van der Waals surface area contributed by atoms with Gasteiger partial charge in [-0.3, -0.25) is 0 Å². The molecule has 2 nitrogen and oxygen atoms in total. The zero-order valence-corrected chi connectivity index (χ0v) is 8.53. The first kappa shape index (κ1) is 8.48. The van der Waals surface area contributed by atoms with Crippen LogP contribution >= 0.6 is 0 Å². The van der Waals surface area contributed by atoms with E-state index in [9.17, 15) is 0 Å². The van der Waals surface area contributed by atoms with E-state index in [4.69, 9.17) is 4.42 Å². The maximum atomic E-state index is 5.68. The van der Waals surface area contributed by atoms with Crippen LogP contribution in [0.2, 0.25) is 0 Å². The van der Waals surface area contributed by atoms with Gasteiger partial charge in [-0.15, -0.1) is 0 Å². The highest BCUT2D eigenvalue weighted by Crippen LogP contribution is 2.29. The molecular formula is C13H11NO. The van der Waals surface area contributed by atoms with Crippen molar-refractivity contribution in [2.24, 2.45) is 0 Å². The standard InChI is InChI=1S/C13H11NO/c1-2-9-5-3-7-11-12(9)10-6-4-8-14-13(10)15-11/h3-8H,2H2,1H3. The summed E-state index contributed by atoms with van der Waals surface area (Å²) in [5.41, 5.74) is 2.98. The number of furan rings is 1. The Kier molecular flexibility index (Phi) is 1.75. The van der Waals surface area contributed by atoms with Crippen LogP contribution in [0, 0.1) is 0 Å². The Morgan fingerprint density at radius 3 is 3.00 bits per heavy atom. The van der Waals surface area contributed by atoms with E-state index < -0.39 is 0 Å². The predicted molar refractivity (Wildman–Crippen MR) is 60.9 cm³/mol. The molecule has 0 radical (unpaired) electrons. The highest BCUT2D eigenvalue weighted by Gasteiger charge is 2.09. The second kappa shape index (κ2) is 3.09. The largest absolute Gasteiger partial charge is 0.438 e. The molecule has 0 aliphatic heterocycles. The molecule has 0 fully saturated rings. The number of fused-ring (bicyclic) bond motifs is 3. The SMILES string of the molecule is CCc1cccc2oc3ncccc3c12. The van der Waals surface area contributed by atoms with Crippen LogP contribution in [0.5, 0.6) is 0 Å². The highest BCUT2D eigenvalue weighted by molar-refractivity contribution is 6.05.